The Labute approximate surface area is 123 Å². The van der Waals surface area contributed by atoms with Crippen LogP contribution in [-0.2, 0) is 5.41 Å². The molecule has 0 spiro atoms. The molecule has 1 aromatic rings. The molecule has 2 heteroatoms. The molecule has 1 aromatic carbocycles. The zero-order valence-electron chi connectivity index (χ0n) is 13.2. The topological polar surface area (TPSA) is 15.3 Å². The van der Waals surface area contributed by atoms with E-state index < -0.39 is 0 Å². The predicted octanol–water partition coefficient (Wildman–Crippen LogP) is 2.96. The Balaban J connectivity index is 1.67. The molecule has 0 bridgehead atoms. The van der Waals surface area contributed by atoms with Crippen molar-refractivity contribution in [1.82, 2.24) is 10.2 Å². The highest BCUT2D eigenvalue weighted by Gasteiger charge is 2.39. The number of aryl methyl sites for hydroxylation is 1. The summed E-state index contributed by atoms with van der Waals surface area (Å²) in [6.07, 6.45) is 2.62. The summed E-state index contributed by atoms with van der Waals surface area (Å²) in [7, 11) is 0. The summed E-state index contributed by atoms with van der Waals surface area (Å²) < 4.78 is 0. The minimum Gasteiger partial charge on any atom is -0.316 e. The highest BCUT2D eigenvalue weighted by Crippen LogP contribution is 2.36. The molecule has 1 N–H and O–H groups in total. The molecule has 0 aromatic heterocycles. The zero-order chi connectivity index (χ0) is 14.2. The molecule has 110 valence electrons. The largest absolute Gasteiger partial charge is 0.316 e. The van der Waals surface area contributed by atoms with Crippen LogP contribution in [0.1, 0.15) is 37.8 Å². The molecule has 2 unspecified atom stereocenters. The molecule has 2 atom stereocenters. The Kier molecular flexibility index (Phi) is 3.64. The number of nitrogens with zero attached hydrogens (tertiary/aromatic N) is 1. The maximum Gasteiger partial charge on any atom is 0.00767 e. The van der Waals surface area contributed by atoms with Gasteiger partial charge in [-0.3, -0.25) is 0 Å². The first kappa shape index (κ1) is 14.1. The van der Waals surface area contributed by atoms with E-state index in [0.717, 1.165) is 0 Å². The van der Waals surface area contributed by atoms with Gasteiger partial charge in [-0.25, -0.2) is 0 Å². The third kappa shape index (κ3) is 2.77. The highest BCUT2D eigenvalue weighted by atomic mass is 15.2. The summed E-state index contributed by atoms with van der Waals surface area (Å²) in [5.74, 6) is 0. The van der Waals surface area contributed by atoms with Crippen molar-refractivity contribution in [2.24, 2.45) is 5.41 Å². The van der Waals surface area contributed by atoms with Gasteiger partial charge in [0.05, 0.1) is 0 Å². The number of benzene rings is 1. The molecule has 0 amide bonds. The highest BCUT2D eigenvalue weighted by molar-refractivity contribution is 5.29. The Hall–Kier alpha value is -0.860. The van der Waals surface area contributed by atoms with Crippen LogP contribution in [0.3, 0.4) is 0 Å². The molecular weight excluding hydrogens is 244 g/mol. The normalized spacial score (nSPS) is 34.8. The van der Waals surface area contributed by atoms with Crippen LogP contribution in [-0.4, -0.2) is 37.6 Å². The van der Waals surface area contributed by atoms with Crippen LogP contribution in [0.5, 0.6) is 0 Å². The molecule has 2 saturated heterocycles. The SMILES string of the molecule is Cc1ccc(C2(C)CCN(CC3(C)CCNC3)C2)cc1. The van der Waals surface area contributed by atoms with Crippen LogP contribution < -0.4 is 5.32 Å². The van der Waals surface area contributed by atoms with Crippen molar-refractivity contribution in [3.8, 4) is 0 Å². The van der Waals surface area contributed by atoms with Gasteiger partial charge in [0.2, 0.25) is 0 Å². The van der Waals surface area contributed by atoms with E-state index in [-0.39, 0.29) is 0 Å². The van der Waals surface area contributed by atoms with Gasteiger partial charge in [0.15, 0.2) is 0 Å². The number of nitrogens with one attached hydrogen (secondary N) is 1. The minimum absolute atomic E-state index is 0.343. The standard InChI is InChI=1S/C18H28N2/c1-15-4-6-16(7-5-15)18(3)9-11-20(14-18)13-17(2)8-10-19-12-17/h4-7,19H,8-14H2,1-3H3. The first-order chi connectivity index (χ1) is 9.49. The van der Waals surface area contributed by atoms with Gasteiger partial charge in [0.1, 0.15) is 0 Å². The van der Waals surface area contributed by atoms with Crippen LogP contribution >= 0.6 is 0 Å². The zero-order valence-corrected chi connectivity index (χ0v) is 13.2. The molecule has 2 nitrogen and oxygen atoms in total. The molecule has 0 saturated carbocycles. The fourth-order valence-corrected chi connectivity index (χ4v) is 3.93. The van der Waals surface area contributed by atoms with E-state index in [4.69, 9.17) is 0 Å². The first-order valence-corrected chi connectivity index (χ1v) is 7.99. The van der Waals surface area contributed by atoms with E-state index in [1.165, 1.54) is 56.7 Å². The van der Waals surface area contributed by atoms with Gasteiger partial charge in [-0.15, -0.1) is 0 Å². The van der Waals surface area contributed by atoms with Crippen LogP contribution in [0.2, 0.25) is 0 Å². The fourth-order valence-electron chi connectivity index (χ4n) is 3.93. The summed E-state index contributed by atoms with van der Waals surface area (Å²) >= 11 is 0. The Bertz CT molecular complexity index is 459. The third-order valence-corrected chi connectivity index (χ3v) is 5.36. The maximum atomic E-state index is 3.52. The fraction of sp³-hybridized carbons (Fsp3) is 0.667. The van der Waals surface area contributed by atoms with Crippen molar-refractivity contribution in [3.63, 3.8) is 0 Å². The second-order valence-corrected chi connectivity index (χ2v) is 7.62. The lowest BCUT2D eigenvalue weighted by molar-refractivity contribution is 0.201. The van der Waals surface area contributed by atoms with Crippen molar-refractivity contribution in [1.29, 1.82) is 0 Å². The Morgan fingerprint density at radius 1 is 1.15 bits per heavy atom. The Morgan fingerprint density at radius 2 is 1.90 bits per heavy atom. The maximum absolute atomic E-state index is 3.52. The molecule has 2 aliphatic heterocycles. The van der Waals surface area contributed by atoms with Gasteiger partial charge in [0, 0.05) is 25.0 Å². The van der Waals surface area contributed by atoms with Crippen molar-refractivity contribution in [3.05, 3.63) is 35.4 Å². The van der Waals surface area contributed by atoms with Crippen molar-refractivity contribution in [2.75, 3.05) is 32.7 Å². The molecule has 0 aliphatic carbocycles. The van der Waals surface area contributed by atoms with Crippen LogP contribution in [0, 0.1) is 12.3 Å². The van der Waals surface area contributed by atoms with Crippen LogP contribution in [0.4, 0.5) is 0 Å². The van der Waals surface area contributed by atoms with Gasteiger partial charge in [-0.05, 0) is 43.8 Å². The third-order valence-electron chi connectivity index (χ3n) is 5.36. The van der Waals surface area contributed by atoms with E-state index in [1.807, 2.05) is 0 Å². The molecule has 20 heavy (non-hydrogen) atoms. The second-order valence-electron chi connectivity index (χ2n) is 7.62. The van der Waals surface area contributed by atoms with Gasteiger partial charge < -0.3 is 10.2 Å². The number of hydrogen-bond donors (Lipinski definition) is 1. The number of rotatable bonds is 3. The van der Waals surface area contributed by atoms with E-state index in [9.17, 15) is 0 Å². The molecular formula is C18H28N2. The van der Waals surface area contributed by atoms with Crippen LogP contribution in [0.15, 0.2) is 24.3 Å². The summed E-state index contributed by atoms with van der Waals surface area (Å²) in [6, 6.07) is 9.17. The average molecular weight is 272 g/mol. The number of hydrogen-bond acceptors (Lipinski definition) is 2. The van der Waals surface area contributed by atoms with E-state index in [2.05, 4.69) is 55.3 Å². The second kappa shape index (κ2) is 5.16. The minimum atomic E-state index is 0.343. The predicted molar refractivity (Wildman–Crippen MR) is 85.2 cm³/mol. The van der Waals surface area contributed by atoms with Gasteiger partial charge in [-0.2, -0.15) is 0 Å². The Morgan fingerprint density at radius 3 is 2.55 bits per heavy atom. The lowest BCUT2D eigenvalue weighted by Gasteiger charge is -2.31. The lowest BCUT2D eigenvalue weighted by atomic mass is 9.81. The lowest BCUT2D eigenvalue weighted by Crippen LogP contribution is -2.37. The number of likely N-dealkylation sites (tertiary alicyclic amines) is 1. The summed E-state index contributed by atoms with van der Waals surface area (Å²) in [6.45, 7) is 13.1. The quantitative estimate of drug-likeness (QED) is 0.910. The van der Waals surface area contributed by atoms with Crippen molar-refractivity contribution in [2.45, 2.75) is 39.0 Å². The average Bonchev–Trinajstić information content (AvgIpc) is 2.98. The summed E-state index contributed by atoms with van der Waals surface area (Å²) in [5, 5.41) is 3.52. The first-order valence-electron chi connectivity index (χ1n) is 7.99. The summed E-state index contributed by atoms with van der Waals surface area (Å²) in [5.41, 5.74) is 3.70. The van der Waals surface area contributed by atoms with E-state index >= 15 is 0 Å². The monoisotopic (exact) mass is 272 g/mol. The van der Waals surface area contributed by atoms with Crippen LogP contribution in [0.25, 0.3) is 0 Å². The molecule has 0 radical (unpaired) electrons. The van der Waals surface area contributed by atoms with E-state index in [1.54, 1.807) is 0 Å². The molecule has 2 fully saturated rings. The van der Waals surface area contributed by atoms with Gasteiger partial charge in [-0.1, -0.05) is 43.7 Å². The van der Waals surface area contributed by atoms with Crippen molar-refractivity contribution >= 4 is 0 Å². The van der Waals surface area contributed by atoms with E-state index in [0.29, 0.717) is 10.8 Å². The van der Waals surface area contributed by atoms with Crippen molar-refractivity contribution < 1.29 is 0 Å². The smallest absolute Gasteiger partial charge is 0.00767 e. The van der Waals surface area contributed by atoms with Gasteiger partial charge >= 0.3 is 0 Å². The summed E-state index contributed by atoms with van der Waals surface area (Å²) in [4.78, 5) is 2.69. The molecule has 2 aliphatic rings. The van der Waals surface area contributed by atoms with Gasteiger partial charge in [0.25, 0.3) is 0 Å². The molecule has 3 rings (SSSR count). The molecule has 2 heterocycles.